The highest BCUT2D eigenvalue weighted by Gasteiger charge is 2.59. The molecule has 0 heterocycles. The van der Waals surface area contributed by atoms with Crippen molar-refractivity contribution in [3.8, 4) is 0 Å². The zero-order valence-electron chi connectivity index (χ0n) is 22.6. The van der Waals surface area contributed by atoms with E-state index < -0.39 is 5.97 Å². The lowest BCUT2D eigenvalue weighted by Gasteiger charge is -2.59. The van der Waals surface area contributed by atoms with E-state index in [2.05, 4.69) is 47.3 Å². The molecule has 0 unspecified atom stereocenters. The molecule has 0 aliphatic heterocycles. The zero-order valence-corrected chi connectivity index (χ0v) is 22.6. The van der Waals surface area contributed by atoms with E-state index in [1.165, 1.54) is 56.9 Å². The summed E-state index contributed by atoms with van der Waals surface area (Å²) in [4.78, 5) is 12.1. The molecule has 0 bridgehead atoms. The van der Waals surface area contributed by atoms with Crippen molar-refractivity contribution in [2.24, 2.45) is 46.3 Å². The number of fused-ring (bicyclic) bond motifs is 5. The first-order valence-corrected chi connectivity index (χ1v) is 14.3. The molecule has 1 N–H and O–H groups in total. The molecule has 0 saturated heterocycles. The second-order valence-corrected chi connectivity index (χ2v) is 13.3. The van der Waals surface area contributed by atoms with Crippen molar-refractivity contribution < 1.29 is 14.6 Å². The Bertz CT molecular complexity index is 796. The van der Waals surface area contributed by atoms with Crippen molar-refractivity contribution in [3.63, 3.8) is 0 Å². The quantitative estimate of drug-likeness (QED) is 0.227. The van der Waals surface area contributed by atoms with E-state index in [0.29, 0.717) is 5.41 Å². The summed E-state index contributed by atoms with van der Waals surface area (Å²) in [5.74, 6) is 4.68. The van der Waals surface area contributed by atoms with Crippen molar-refractivity contribution in [3.05, 3.63) is 23.8 Å². The molecule has 0 spiro atoms. The summed E-state index contributed by atoms with van der Waals surface area (Å²) in [6, 6.07) is 0. The van der Waals surface area contributed by atoms with Gasteiger partial charge in [0.1, 0.15) is 6.10 Å². The highest BCUT2D eigenvalue weighted by Crippen LogP contribution is 2.67. The molecule has 0 amide bonds. The summed E-state index contributed by atoms with van der Waals surface area (Å²) in [7, 11) is 0. The lowest BCUT2D eigenvalue weighted by atomic mass is 9.46. The van der Waals surface area contributed by atoms with Crippen molar-refractivity contribution in [1.29, 1.82) is 0 Å². The number of hydrogen-bond donors (Lipinski definition) is 1. The van der Waals surface area contributed by atoms with E-state index >= 15 is 0 Å². The minimum absolute atomic E-state index is 0.149. The van der Waals surface area contributed by atoms with Crippen molar-refractivity contribution in [2.75, 3.05) is 6.61 Å². The second-order valence-electron chi connectivity index (χ2n) is 13.3. The third-order valence-corrected chi connectivity index (χ3v) is 11.0. The van der Waals surface area contributed by atoms with E-state index in [4.69, 9.17) is 4.74 Å². The van der Waals surface area contributed by atoms with Gasteiger partial charge in [-0.3, -0.25) is 0 Å². The number of hydrogen-bond acceptors (Lipinski definition) is 3. The van der Waals surface area contributed by atoms with Crippen LogP contribution in [0.3, 0.4) is 0 Å². The van der Waals surface area contributed by atoms with Gasteiger partial charge in [0.05, 0.1) is 12.2 Å². The predicted molar refractivity (Wildman–Crippen MR) is 139 cm³/mol. The van der Waals surface area contributed by atoms with Crippen molar-refractivity contribution >= 4 is 5.97 Å². The fourth-order valence-electron chi connectivity index (χ4n) is 9.10. The average Bonchev–Trinajstić information content (AvgIpc) is 3.15. The van der Waals surface area contributed by atoms with Gasteiger partial charge in [0.15, 0.2) is 0 Å². The largest absolute Gasteiger partial charge is 0.455 e. The first kappa shape index (κ1) is 26.0. The van der Waals surface area contributed by atoms with E-state index in [1.54, 1.807) is 0 Å². The molecule has 4 rings (SSSR count). The molecule has 4 aliphatic carbocycles. The third kappa shape index (κ3) is 4.67. The van der Waals surface area contributed by atoms with Crippen LogP contribution in [0.4, 0.5) is 0 Å². The Morgan fingerprint density at radius 1 is 1.09 bits per heavy atom. The maximum Gasteiger partial charge on any atom is 0.336 e. The molecule has 34 heavy (non-hydrogen) atoms. The number of aliphatic hydroxyl groups is 1. The maximum atomic E-state index is 12.1. The van der Waals surface area contributed by atoms with Gasteiger partial charge in [-0.2, -0.15) is 0 Å². The smallest absolute Gasteiger partial charge is 0.336 e. The van der Waals surface area contributed by atoms with Crippen LogP contribution >= 0.6 is 0 Å². The summed E-state index contributed by atoms with van der Waals surface area (Å²) >= 11 is 0. The van der Waals surface area contributed by atoms with Crippen LogP contribution in [0.2, 0.25) is 0 Å². The van der Waals surface area contributed by atoms with E-state index in [9.17, 15) is 9.90 Å². The van der Waals surface area contributed by atoms with Gasteiger partial charge in [-0.1, -0.05) is 66.0 Å². The Morgan fingerprint density at radius 2 is 1.85 bits per heavy atom. The van der Waals surface area contributed by atoms with Crippen molar-refractivity contribution in [1.82, 2.24) is 0 Å². The van der Waals surface area contributed by atoms with Gasteiger partial charge in [0.2, 0.25) is 0 Å². The molecule has 192 valence electrons. The average molecular weight is 471 g/mol. The Kier molecular flexibility index (Phi) is 7.73. The highest BCUT2D eigenvalue weighted by atomic mass is 16.5. The molecule has 3 nitrogen and oxygen atoms in total. The topological polar surface area (TPSA) is 46.5 Å². The third-order valence-electron chi connectivity index (χ3n) is 11.0. The Hall–Kier alpha value is -1.09. The minimum atomic E-state index is -0.449. The van der Waals surface area contributed by atoms with Gasteiger partial charge in [0.25, 0.3) is 0 Å². The van der Waals surface area contributed by atoms with Gasteiger partial charge >= 0.3 is 5.97 Å². The summed E-state index contributed by atoms with van der Waals surface area (Å²) in [5.41, 5.74) is 2.49. The number of rotatable bonds is 8. The molecule has 3 fully saturated rings. The van der Waals surface area contributed by atoms with E-state index in [-0.39, 0.29) is 23.7 Å². The van der Waals surface area contributed by atoms with Crippen LogP contribution in [-0.4, -0.2) is 23.8 Å². The number of esters is 1. The van der Waals surface area contributed by atoms with Crippen molar-refractivity contribution in [2.45, 2.75) is 111 Å². The molecular weight excluding hydrogens is 420 g/mol. The summed E-state index contributed by atoms with van der Waals surface area (Å²) in [6.45, 7) is 15.7. The normalized spacial score (nSPS) is 40.1. The Morgan fingerprint density at radius 3 is 2.56 bits per heavy atom. The fourth-order valence-corrected chi connectivity index (χ4v) is 9.10. The molecule has 0 aromatic carbocycles. The van der Waals surface area contributed by atoms with Crippen LogP contribution < -0.4 is 0 Å². The van der Waals surface area contributed by atoms with E-state index in [1.807, 2.05) is 0 Å². The minimum Gasteiger partial charge on any atom is -0.455 e. The molecule has 0 aromatic heterocycles. The molecule has 4 aliphatic rings. The highest BCUT2D eigenvalue weighted by molar-refractivity contribution is 5.88. The SMILES string of the molecule is C=C(CO)C(=O)O[C@@H]1C=C2CC[C@H]3[C@@H]4CC[C@H]([C@H](C)CCCC(C)C)[C@@]4(C)CC[C@@H]3[C@@]2(C)CC1. The number of ether oxygens (including phenoxy) is 1. The van der Waals surface area contributed by atoms with Crippen LogP contribution in [-0.2, 0) is 9.53 Å². The van der Waals surface area contributed by atoms with Crippen LogP contribution in [0.25, 0.3) is 0 Å². The number of allylic oxidation sites excluding steroid dienone is 1. The summed E-state index contributed by atoms with van der Waals surface area (Å²) in [6.07, 6.45) is 16.4. The first-order chi connectivity index (χ1) is 16.1. The molecule has 0 radical (unpaired) electrons. The Balaban J connectivity index is 1.44. The molecule has 3 heteroatoms. The standard InChI is InChI=1S/C31H50O3/c1-20(2)8-7-9-21(3)26-12-13-27-25-11-10-23-18-24(34-29(33)22(4)19-32)14-16-30(23,5)28(25)15-17-31(26,27)6/h18,20-21,24-28,32H,4,7-17,19H2,1-3,5-6H3/t21-,24+,25+,26-,27+,28+,30+,31-/m1/s1. The van der Waals surface area contributed by atoms with Crippen LogP contribution in [0.15, 0.2) is 23.8 Å². The monoisotopic (exact) mass is 470 g/mol. The van der Waals surface area contributed by atoms with Gasteiger partial charge in [0, 0.05) is 0 Å². The van der Waals surface area contributed by atoms with Gasteiger partial charge in [-0.15, -0.1) is 0 Å². The fraction of sp³-hybridized carbons (Fsp3) is 0.839. The Labute approximate surface area is 208 Å². The summed E-state index contributed by atoms with van der Waals surface area (Å²) < 4.78 is 5.67. The second kappa shape index (κ2) is 10.1. The molecule has 0 aromatic rings. The van der Waals surface area contributed by atoms with E-state index in [0.717, 1.165) is 54.8 Å². The maximum absolute atomic E-state index is 12.1. The van der Waals surface area contributed by atoms with Crippen LogP contribution in [0.5, 0.6) is 0 Å². The lowest BCUT2D eigenvalue weighted by molar-refractivity contribution is -0.144. The zero-order chi connectivity index (χ0) is 24.7. The van der Waals surface area contributed by atoms with Gasteiger partial charge in [-0.05, 0) is 104 Å². The lowest BCUT2D eigenvalue weighted by Crippen LogP contribution is -2.51. The molecular formula is C31H50O3. The number of carbonyl (C=O) groups excluding carboxylic acids is 1. The molecule has 3 saturated carbocycles. The number of carbonyl (C=O) groups is 1. The predicted octanol–water partition coefficient (Wildman–Crippen LogP) is 7.49. The van der Waals surface area contributed by atoms with Gasteiger partial charge in [-0.25, -0.2) is 4.79 Å². The summed E-state index contributed by atoms with van der Waals surface area (Å²) in [5, 5.41) is 9.19. The first-order valence-electron chi connectivity index (χ1n) is 14.3. The van der Waals surface area contributed by atoms with Crippen LogP contribution in [0, 0.1) is 46.3 Å². The number of aliphatic hydroxyl groups excluding tert-OH is 1. The van der Waals surface area contributed by atoms with Crippen LogP contribution in [0.1, 0.15) is 105 Å². The molecule has 8 atom stereocenters. The van der Waals surface area contributed by atoms with Gasteiger partial charge < -0.3 is 9.84 Å².